The lowest BCUT2D eigenvalue weighted by Crippen LogP contribution is -2.26. The van der Waals surface area contributed by atoms with E-state index in [0.29, 0.717) is 17.7 Å². The molecular formula is C15H17NO3. The Morgan fingerprint density at radius 3 is 2.63 bits per heavy atom. The number of carbonyl (C=O) groups excluding carboxylic acids is 1. The van der Waals surface area contributed by atoms with Crippen LogP contribution in [0.4, 0.5) is 0 Å². The van der Waals surface area contributed by atoms with E-state index in [2.05, 4.69) is 0 Å². The molecule has 0 saturated carbocycles. The van der Waals surface area contributed by atoms with Crippen molar-refractivity contribution in [3.05, 3.63) is 53.0 Å². The summed E-state index contributed by atoms with van der Waals surface area (Å²) in [6, 6.07) is 8.84. The van der Waals surface area contributed by atoms with Crippen LogP contribution in [0.3, 0.4) is 0 Å². The number of aryl methyl sites for hydroxylation is 2. The van der Waals surface area contributed by atoms with E-state index >= 15 is 0 Å². The Hall–Kier alpha value is -2.23. The smallest absolute Gasteiger partial charge is 0.257 e. The Morgan fingerprint density at radius 2 is 2.00 bits per heavy atom. The first-order valence-corrected chi connectivity index (χ1v) is 6.08. The number of benzene rings is 1. The maximum absolute atomic E-state index is 12.3. The van der Waals surface area contributed by atoms with E-state index in [0.717, 1.165) is 11.5 Å². The van der Waals surface area contributed by atoms with Crippen molar-refractivity contribution in [1.29, 1.82) is 0 Å². The van der Waals surface area contributed by atoms with Crippen LogP contribution >= 0.6 is 0 Å². The molecule has 0 aliphatic heterocycles. The molecule has 0 saturated heterocycles. The molecule has 1 N–H and O–H groups in total. The highest BCUT2D eigenvalue weighted by Crippen LogP contribution is 2.23. The number of amides is 1. The maximum Gasteiger partial charge on any atom is 0.257 e. The first-order chi connectivity index (χ1) is 8.99. The van der Waals surface area contributed by atoms with Gasteiger partial charge in [-0.25, -0.2) is 0 Å². The normalized spacial score (nSPS) is 10.5. The summed E-state index contributed by atoms with van der Waals surface area (Å²) >= 11 is 0. The molecule has 0 atom stereocenters. The second-order valence-corrected chi connectivity index (χ2v) is 4.64. The van der Waals surface area contributed by atoms with E-state index in [9.17, 15) is 9.90 Å². The average molecular weight is 259 g/mol. The molecule has 0 fully saturated rings. The summed E-state index contributed by atoms with van der Waals surface area (Å²) in [6.07, 6.45) is 0. The Kier molecular flexibility index (Phi) is 3.60. The average Bonchev–Trinajstić information content (AvgIpc) is 2.77. The molecule has 100 valence electrons. The number of aromatic hydroxyl groups is 1. The SMILES string of the molecule is Cc1ccc(CN(C)C(=O)c2cccc(C)c2O)o1. The van der Waals surface area contributed by atoms with Gasteiger partial charge in [0, 0.05) is 7.05 Å². The molecule has 1 heterocycles. The number of nitrogens with zero attached hydrogens (tertiary/aromatic N) is 1. The number of phenolic OH excluding ortho intramolecular Hbond substituents is 1. The third-order valence-corrected chi connectivity index (χ3v) is 3.00. The van der Waals surface area contributed by atoms with E-state index < -0.39 is 0 Å². The molecule has 0 aliphatic carbocycles. The van der Waals surface area contributed by atoms with Gasteiger partial charge in [0.1, 0.15) is 17.3 Å². The zero-order chi connectivity index (χ0) is 14.0. The highest BCUT2D eigenvalue weighted by atomic mass is 16.3. The Bertz CT molecular complexity index is 601. The third-order valence-electron chi connectivity index (χ3n) is 3.00. The van der Waals surface area contributed by atoms with Crippen LogP contribution in [0, 0.1) is 13.8 Å². The Balaban J connectivity index is 2.17. The van der Waals surface area contributed by atoms with E-state index in [1.54, 1.807) is 32.2 Å². The molecule has 0 unspecified atom stereocenters. The second-order valence-electron chi connectivity index (χ2n) is 4.64. The molecular weight excluding hydrogens is 242 g/mol. The van der Waals surface area contributed by atoms with Crippen LogP contribution in [-0.2, 0) is 6.54 Å². The number of phenols is 1. The van der Waals surface area contributed by atoms with Crippen molar-refractivity contribution >= 4 is 5.91 Å². The van der Waals surface area contributed by atoms with Crippen molar-refractivity contribution in [2.45, 2.75) is 20.4 Å². The van der Waals surface area contributed by atoms with Crippen LogP contribution in [0.25, 0.3) is 0 Å². The summed E-state index contributed by atoms with van der Waals surface area (Å²) in [6.45, 7) is 4.00. The van der Waals surface area contributed by atoms with Gasteiger partial charge in [-0.3, -0.25) is 4.79 Å². The number of carbonyl (C=O) groups is 1. The summed E-state index contributed by atoms with van der Waals surface area (Å²) in [5.41, 5.74) is 0.999. The van der Waals surface area contributed by atoms with E-state index in [1.165, 1.54) is 4.90 Å². The summed E-state index contributed by atoms with van der Waals surface area (Å²) in [4.78, 5) is 13.8. The van der Waals surface area contributed by atoms with E-state index in [1.807, 2.05) is 19.1 Å². The summed E-state index contributed by atoms with van der Waals surface area (Å²) in [5.74, 6) is 1.35. The molecule has 1 aromatic carbocycles. The first kappa shape index (κ1) is 13.2. The van der Waals surface area contributed by atoms with Gasteiger partial charge in [0.05, 0.1) is 12.1 Å². The van der Waals surface area contributed by atoms with E-state index in [4.69, 9.17) is 4.42 Å². The molecule has 0 aliphatic rings. The van der Waals surface area contributed by atoms with Crippen molar-refractivity contribution < 1.29 is 14.3 Å². The minimum atomic E-state index is -0.227. The van der Waals surface area contributed by atoms with Crippen LogP contribution in [0.5, 0.6) is 5.75 Å². The second kappa shape index (κ2) is 5.18. The molecule has 1 aromatic heterocycles. The number of hydrogen-bond donors (Lipinski definition) is 1. The predicted octanol–water partition coefficient (Wildman–Crippen LogP) is 2.87. The van der Waals surface area contributed by atoms with Gasteiger partial charge in [-0.05, 0) is 37.6 Å². The van der Waals surface area contributed by atoms with Gasteiger partial charge < -0.3 is 14.4 Å². The zero-order valence-corrected chi connectivity index (χ0v) is 11.3. The molecule has 4 heteroatoms. The van der Waals surface area contributed by atoms with Crippen molar-refractivity contribution in [3.63, 3.8) is 0 Å². The zero-order valence-electron chi connectivity index (χ0n) is 11.3. The predicted molar refractivity (Wildman–Crippen MR) is 72.1 cm³/mol. The molecule has 0 radical (unpaired) electrons. The third kappa shape index (κ3) is 2.78. The van der Waals surface area contributed by atoms with Crippen molar-refractivity contribution in [2.24, 2.45) is 0 Å². The van der Waals surface area contributed by atoms with E-state index in [-0.39, 0.29) is 11.7 Å². The van der Waals surface area contributed by atoms with Crippen LogP contribution in [0.1, 0.15) is 27.4 Å². The number of hydrogen-bond acceptors (Lipinski definition) is 3. The molecule has 2 rings (SSSR count). The van der Waals surface area contributed by atoms with Crippen molar-refractivity contribution in [2.75, 3.05) is 7.05 Å². The monoisotopic (exact) mass is 259 g/mol. The topological polar surface area (TPSA) is 53.7 Å². The molecule has 4 nitrogen and oxygen atoms in total. The van der Waals surface area contributed by atoms with Gasteiger partial charge in [-0.15, -0.1) is 0 Å². The number of furan rings is 1. The van der Waals surface area contributed by atoms with Gasteiger partial charge in [-0.1, -0.05) is 12.1 Å². The van der Waals surface area contributed by atoms with Gasteiger partial charge in [-0.2, -0.15) is 0 Å². The molecule has 0 bridgehead atoms. The highest BCUT2D eigenvalue weighted by Gasteiger charge is 2.17. The van der Waals surface area contributed by atoms with Gasteiger partial charge in [0.15, 0.2) is 0 Å². The van der Waals surface area contributed by atoms with Crippen LogP contribution in [0.15, 0.2) is 34.7 Å². The molecule has 1 amide bonds. The van der Waals surface area contributed by atoms with Crippen molar-refractivity contribution in [1.82, 2.24) is 4.90 Å². The number of rotatable bonds is 3. The largest absolute Gasteiger partial charge is 0.507 e. The minimum absolute atomic E-state index is 0.0370. The maximum atomic E-state index is 12.3. The summed E-state index contributed by atoms with van der Waals surface area (Å²) in [7, 11) is 1.68. The molecule has 0 spiro atoms. The van der Waals surface area contributed by atoms with Crippen molar-refractivity contribution in [3.8, 4) is 5.75 Å². The lowest BCUT2D eigenvalue weighted by molar-refractivity contribution is 0.0772. The highest BCUT2D eigenvalue weighted by molar-refractivity contribution is 5.97. The minimum Gasteiger partial charge on any atom is -0.507 e. The van der Waals surface area contributed by atoms with Gasteiger partial charge in [0.25, 0.3) is 5.91 Å². The summed E-state index contributed by atoms with van der Waals surface area (Å²) < 4.78 is 5.44. The van der Waals surface area contributed by atoms with Crippen LogP contribution < -0.4 is 0 Å². The first-order valence-electron chi connectivity index (χ1n) is 6.08. The summed E-state index contributed by atoms with van der Waals surface area (Å²) in [5, 5.41) is 9.92. The fourth-order valence-corrected chi connectivity index (χ4v) is 1.91. The lowest BCUT2D eigenvalue weighted by Gasteiger charge is -2.17. The fraction of sp³-hybridized carbons (Fsp3) is 0.267. The van der Waals surface area contributed by atoms with Crippen LogP contribution in [0.2, 0.25) is 0 Å². The lowest BCUT2D eigenvalue weighted by atomic mass is 10.1. The molecule has 19 heavy (non-hydrogen) atoms. The fourth-order valence-electron chi connectivity index (χ4n) is 1.91. The number of para-hydroxylation sites is 1. The van der Waals surface area contributed by atoms with Gasteiger partial charge in [0.2, 0.25) is 0 Å². The Morgan fingerprint density at radius 1 is 1.26 bits per heavy atom. The standard InChI is InChI=1S/C15H17NO3/c1-10-5-4-6-13(14(10)17)15(18)16(3)9-12-8-7-11(2)19-12/h4-8,17H,9H2,1-3H3. The molecule has 2 aromatic rings. The van der Waals surface area contributed by atoms with Crippen LogP contribution in [-0.4, -0.2) is 23.0 Å². The quantitative estimate of drug-likeness (QED) is 0.922. The van der Waals surface area contributed by atoms with Gasteiger partial charge >= 0.3 is 0 Å². The Labute approximate surface area is 112 Å².